The van der Waals surface area contributed by atoms with Gasteiger partial charge in [0.25, 0.3) is 0 Å². The van der Waals surface area contributed by atoms with Crippen LogP contribution in [0.25, 0.3) is 10.9 Å². The first-order valence-corrected chi connectivity index (χ1v) is 4.66. The Kier molecular flexibility index (Phi) is 2.86. The van der Waals surface area contributed by atoms with Crippen molar-refractivity contribution in [2.75, 3.05) is 0 Å². The van der Waals surface area contributed by atoms with Crippen LogP contribution in [0.5, 0.6) is 5.88 Å². The Balaban J connectivity index is 2.62. The van der Waals surface area contributed by atoms with E-state index in [-0.39, 0.29) is 5.56 Å². The van der Waals surface area contributed by atoms with E-state index < -0.39 is 18.5 Å². The maximum absolute atomic E-state index is 12.1. The second kappa shape index (κ2) is 4.32. The van der Waals surface area contributed by atoms with Crippen LogP contribution in [-0.4, -0.2) is 22.7 Å². The molecule has 1 aromatic heterocycles. The highest BCUT2D eigenvalue weighted by Crippen LogP contribution is 2.23. The first-order chi connectivity index (χ1) is 8.08. The number of carbonyl (C=O) groups is 1. The van der Waals surface area contributed by atoms with Crippen molar-refractivity contribution in [3.8, 4) is 5.88 Å². The van der Waals surface area contributed by atoms with Gasteiger partial charge in [-0.15, -0.1) is 0 Å². The minimum atomic E-state index is -3.11. The van der Waals surface area contributed by atoms with Gasteiger partial charge in [0.1, 0.15) is 5.56 Å². The number of benzene rings is 1. The molecule has 2 aromatic rings. The van der Waals surface area contributed by atoms with Gasteiger partial charge in [0, 0.05) is 5.39 Å². The van der Waals surface area contributed by atoms with Crippen LogP contribution in [0.2, 0.25) is 0 Å². The predicted molar refractivity (Wildman–Crippen MR) is 55.3 cm³/mol. The second-order valence-electron chi connectivity index (χ2n) is 3.22. The summed E-state index contributed by atoms with van der Waals surface area (Å²) in [4.78, 5) is 14.6. The number of aromatic nitrogens is 1. The molecule has 0 aliphatic rings. The van der Waals surface area contributed by atoms with E-state index in [1.807, 2.05) is 0 Å². The third kappa shape index (κ3) is 2.30. The minimum Gasteiger partial charge on any atom is -0.477 e. The lowest BCUT2D eigenvalue weighted by molar-refractivity contribution is -0.0531. The molecule has 88 valence electrons. The van der Waals surface area contributed by atoms with Crippen LogP contribution in [0, 0.1) is 0 Å². The normalized spacial score (nSPS) is 10.8. The highest BCUT2D eigenvalue weighted by atomic mass is 19.3. The van der Waals surface area contributed by atoms with E-state index in [1.54, 1.807) is 24.3 Å². The van der Waals surface area contributed by atoms with Crippen LogP contribution in [0.15, 0.2) is 30.3 Å². The number of fused-ring (bicyclic) bond motifs is 1. The standard InChI is InChI=1S/C11H7F2NO3/c12-11(13)17-9-7(10(15)16)5-6-3-1-2-4-8(6)14-9/h1-5,11H,(H,15,16). The van der Waals surface area contributed by atoms with Gasteiger partial charge in [0.2, 0.25) is 5.88 Å². The molecule has 1 N–H and O–H groups in total. The number of hydrogen-bond acceptors (Lipinski definition) is 3. The van der Waals surface area contributed by atoms with Gasteiger partial charge >= 0.3 is 12.6 Å². The largest absolute Gasteiger partial charge is 0.477 e. The molecule has 0 saturated heterocycles. The third-order valence-corrected chi connectivity index (χ3v) is 2.12. The number of carboxylic acid groups (broad SMARTS) is 1. The van der Waals surface area contributed by atoms with E-state index in [2.05, 4.69) is 9.72 Å². The Morgan fingerprint density at radius 1 is 1.35 bits per heavy atom. The van der Waals surface area contributed by atoms with Crippen molar-refractivity contribution < 1.29 is 23.4 Å². The molecule has 0 saturated carbocycles. The average Bonchev–Trinajstić information content (AvgIpc) is 2.27. The van der Waals surface area contributed by atoms with Crippen molar-refractivity contribution >= 4 is 16.9 Å². The van der Waals surface area contributed by atoms with Gasteiger partial charge in [-0.2, -0.15) is 8.78 Å². The molecule has 0 bridgehead atoms. The van der Waals surface area contributed by atoms with Crippen molar-refractivity contribution in [2.24, 2.45) is 0 Å². The fourth-order valence-electron chi connectivity index (χ4n) is 1.43. The third-order valence-electron chi connectivity index (χ3n) is 2.12. The van der Waals surface area contributed by atoms with Gasteiger partial charge in [-0.25, -0.2) is 9.78 Å². The molecule has 0 aliphatic carbocycles. The molecular weight excluding hydrogens is 232 g/mol. The molecule has 1 aromatic carbocycles. The maximum atomic E-state index is 12.1. The summed E-state index contributed by atoms with van der Waals surface area (Å²) in [5.41, 5.74) is 0.0112. The number of carboxylic acids is 1. The van der Waals surface area contributed by atoms with Crippen LogP contribution < -0.4 is 4.74 Å². The topological polar surface area (TPSA) is 59.4 Å². The molecule has 0 amide bonds. The Labute approximate surface area is 94.5 Å². The molecule has 17 heavy (non-hydrogen) atoms. The maximum Gasteiger partial charge on any atom is 0.388 e. The van der Waals surface area contributed by atoms with Crippen molar-refractivity contribution in [3.05, 3.63) is 35.9 Å². The molecular formula is C11H7F2NO3. The number of alkyl halides is 2. The number of halogens is 2. The number of rotatable bonds is 3. The Hall–Kier alpha value is -2.24. The number of hydrogen-bond donors (Lipinski definition) is 1. The Morgan fingerprint density at radius 2 is 2.06 bits per heavy atom. The van der Waals surface area contributed by atoms with Gasteiger partial charge in [0.05, 0.1) is 5.52 Å². The smallest absolute Gasteiger partial charge is 0.388 e. The molecule has 0 atom stereocenters. The Morgan fingerprint density at radius 3 is 2.71 bits per heavy atom. The SMILES string of the molecule is O=C(O)c1cc2ccccc2nc1OC(F)F. The number of nitrogens with zero attached hydrogens (tertiary/aromatic N) is 1. The molecule has 2 rings (SSSR count). The zero-order chi connectivity index (χ0) is 12.4. The fourth-order valence-corrected chi connectivity index (χ4v) is 1.43. The molecule has 0 unspecified atom stereocenters. The van der Waals surface area contributed by atoms with Crippen LogP contribution in [0.4, 0.5) is 8.78 Å². The van der Waals surface area contributed by atoms with E-state index in [0.717, 1.165) is 0 Å². The second-order valence-corrected chi connectivity index (χ2v) is 3.22. The molecule has 0 fully saturated rings. The molecule has 0 radical (unpaired) electrons. The minimum absolute atomic E-state index is 0.385. The van der Waals surface area contributed by atoms with Crippen molar-refractivity contribution in [2.45, 2.75) is 6.61 Å². The van der Waals surface area contributed by atoms with Crippen molar-refractivity contribution in [1.82, 2.24) is 4.98 Å². The molecule has 0 spiro atoms. The lowest BCUT2D eigenvalue weighted by Crippen LogP contribution is -2.09. The molecule has 6 heteroatoms. The number of aromatic carboxylic acids is 1. The summed E-state index contributed by atoms with van der Waals surface area (Å²) >= 11 is 0. The lowest BCUT2D eigenvalue weighted by atomic mass is 10.1. The zero-order valence-electron chi connectivity index (χ0n) is 8.43. The fraction of sp³-hybridized carbons (Fsp3) is 0.0909. The summed E-state index contributed by atoms with van der Waals surface area (Å²) in [5, 5.41) is 9.42. The lowest BCUT2D eigenvalue weighted by Gasteiger charge is -2.08. The summed E-state index contributed by atoms with van der Waals surface area (Å²) in [6.07, 6.45) is 0. The van der Waals surface area contributed by atoms with Gasteiger partial charge in [-0.1, -0.05) is 18.2 Å². The summed E-state index contributed by atoms with van der Waals surface area (Å²) in [6, 6.07) is 7.84. The van der Waals surface area contributed by atoms with Gasteiger partial charge in [0.15, 0.2) is 0 Å². The predicted octanol–water partition coefficient (Wildman–Crippen LogP) is 2.53. The molecule has 4 nitrogen and oxygen atoms in total. The summed E-state index contributed by atoms with van der Waals surface area (Å²) in [6.45, 7) is -3.11. The van der Waals surface area contributed by atoms with Crippen molar-refractivity contribution in [3.63, 3.8) is 0 Å². The molecule has 0 aliphatic heterocycles. The van der Waals surface area contributed by atoms with E-state index in [0.29, 0.717) is 10.9 Å². The van der Waals surface area contributed by atoms with Crippen LogP contribution >= 0.6 is 0 Å². The number of para-hydroxylation sites is 1. The van der Waals surface area contributed by atoms with E-state index in [1.165, 1.54) is 6.07 Å². The number of ether oxygens (including phenoxy) is 1. The summed E-state index contributed by atoms with van der Waals surface area (Å²) in [5.74, 6) is -1.94. The first kappa shape index (κ1) is 11.3. The zero-order valence-corrected chi connectivity index (χ0v) is 8.43. The Bertz CT molecular complexity index is 572. The van der Waals surface area contributed by atoms with Crippen LogP contribution in [-0.2, 0) is 0 Å². The van der Waals surface area contributed by atoms with Gasteiger partial charge in [-0.3, -0.25) is 0 Å². The van der Waals surface area contributed by atoms with E-state index in [4.69, 9.17) is 5.11 Å². The average molecular weight is 239 g/mol. The van der Waals surface area contributed by atoms with Gasteiger partial charge in [-0.05, 0) is 12.1 Å². The summed E-state index contributed by atoms with van der Waals surface area (Å²) < 4.78 is 28.3. The van der Waals surface area contributed by atoms with Crippen LogP contribution in [0.3, 0.4) is 0 Å². The van der Waals surface area contributed by atoms with E-state index in [9.17, 15) is 13.6 Å². The van der Waals surface area contributed by atoms with Crippen LogP contribution in [0.1, 0.15) is 10.4 Å². The first-order valence-electron chi connectivity index (χ1n) is 4.66. The highest BCUT2D eigenvalue weighted by molar-refractivity contribution is 5.95. The quantitative estimate of drug-likeness (QED) is 0.894. The van der Waals surface area contributed by atoms with Crippen molar-refractivity contribution in [1.29, 1.82) is 0 Å². The number of pyridine rings is 1. The van der Waals surface area contributed by atoms with E-state index >= 15 is 0 Å². The summed E-state index contributed by atoms with van der Waals surface area (Å²) in [7, 11) is 0. The monoisotopic (exact) mass is 239 g/mol. The molecule has 1 heterocycles. The van der Waals surface area contributed by atoms with Gasteiger partial charge < -0.3 is 9.84 Å². The highest BCUT2D eigenvalue weighted by Gasteiger charge is 2.17.